The average Bonchev–Trinajstić information content (AvgIpc) is 4.06. The second-order valence-electron chi connectivity index (χ2n) is 16.3. The van der Waals surface area contributed by atoms with E-state index < -0.39 is 96.0 Å². The molecule has 10 atom stereocenters. The van der Waals surface area contributed by atoms with Crippen molar-refractivity contribution in [3.05, 3.63) is 41.8 Å². The van der Waals surface area contributed by atoms with Gasteiger partial charge in [0.1, 0.15) is 54.0 Å². The van der Waals surface area contributed by atoms with Crippen LogP contribution in [-0.4, -0.2) is 146 Å². The van der Waals surface area contributed by atoms with Crippen molar-refractivity contribution in [3.63, 3.8) is 0 Å². The van der Waals surface area contributed by atoms with Gasteiger partial charge in [0.15, 0.2) is 6.23 Å². The molecule has 5 aliphatic rings. The molecule has 0 aliphatic carbocycles. The number of hydrogen-bond acceptors (Lipinski definition) is 12. The Hall–Kier alpha value is -5.43. The van der Waals surface area contributed by atoms with E-state index in [0.717, 1.165) is 11.3 Å². The van der Waals surface area contributed by atoms with Crippen molar-refractivity contribution in [2.24, 2.45) is 11.8 Å². The highest BCUT2D eigenvalue weighted by Gasteiger charge is 2.47. The molecule has 0 saturated carbocycles. The van der Waals surface area contributed by atoms with Gasteiger partial charge < -0.3 is 50.9 Å². The van der Waals surface area contributed by atoms with Gasteiger partial charge in [-0.3, -0.25) is 38.6 Å². The lowest BCUT2D eigenvalue weighted by Crippen LogP contribution is -2.63. The number of nitrogens with one attached hydrogen (secondary N) is 4. The van der Waals surface area contributed by atoms with Gasteiger partial charge in [0, 0.05) is 26.1 Å². The second kappa shape index (κ2) is 18.2. The van der Waals surface area contributed by atoms with Crippen LogP contribution in [0.3, 0.4) is 0 Å². The average molecular weight is 824 g/mol. The fourth-order valence-electron chi connectivity index (χ4n) is 8.59. The molecule has 6 rings (SSSR count). The molecule has 8 N–H and O–H groups in total. The molecule has 5 aliphatic heterocycles. The lowest BCUT2D eigenvalue weighted by molar-refractivity contribution is -0.149. The molecule has 19 nitrogen and oxygen atoms in total. The number of phenolic OH excluding ortho intramolecular Hbond substituents is 1. The smallest absolute Gasteiger partial charge is 0.287 e. The van der Waals surface area contributed by atoms with Crippen molar-refractivity contribution in [2.45, 2.75) is 134 Å². The zero-order valence-electron chi connectivity index (χ0n) is 34.0. The minimum Gasteiger partial charge on any atom is -0.508 e. The molecular formula is C40H57N9O10. The van der Waals surface area contributed by atoms with Gasteiger partial charge in [0.05, 0.1) is 12.1 Å². The number of aromatic hydroxyl groups is 1. The summed E-state index contributed by atoms with van der Waals surface area (Å²) in [5, 5.41) is 32.7. The van der Waals surface area contributed by atoms with E-state index in [2.05, 4.69) is 21.3 Å². The molecule has 10 unspecified atom stereocenters. The zero-order chi connectivity index (χ0) is 42.7. The third-order valence-electron chi connectivity index (χ3n) is 12.2. The molecule has 4 saturated heterocycles. The van der Waals surface area contributed by atoms with Crippen LogP contribution in [0.4, 0.5) is 0 Å². The summed E-state index contributed by atoms with van der Waals surface area (Å²) in [6, 6.07) is -1.52. The monoisotopic (exact) mass is 823 g/mol. The van der Waals surface area contributed by atoms with Gasteiger partial charge in [-0.2, -0.15) is 0 Å². The van der Waals surface area contributed by atoms with Crippen molar-refractivity contribution < 1.29 is 48.5 Å². The highest BCUT2D eigenvalue weighted by atomic mass is 16.5. The Morgan fingerprint density at radius 2 is 1.29 bits per heavy atom. The summed E-state index contributed by atoms with van der Waals surface area (Å²) in [5.41, 5.74) is 0.449. The van der Waals surface area contributed by atoms with Gasteiger partial charge >= 0.3 is 0 Å². The van der Waals surface area contributed by atoms with Crippen molar-refractivity contribution in [2.75, 3.05) is 19.6 Å². The van der Waals surface area contributed by atoms with Crippen LogP contribution in [0, 0.1) is 5.92 Å². The molecule has 5 heterocycles. The zero-order valence-corrected chi connectivity index (χ0v) is 34.0. The van der Waals surface area contributed by atoms with E-state index in [0.29, 0.717) is 50.6 Å². The van der Waals surface area contributed by atoms with E-state index in [1.807, 2.05) is 6.92 Å². The first-order chi connectivity index (χ1) is 28.1. The first-order valence-electron chi connectivity index (χ1n) is 20.6. The molecule has 2 bridgehead atoms. The first kappa shape index (κ1) is 43.2. The van der Waals surface area contributed by atoms with Crippen molar-refractivity contribution in [1.82, 2.24) is 41.0 Å². The summed E-state index contributed by atoms with van der Waals surface area (Å²) in [4.78, 5) is 103. The molecule has 4 fully saturated rings. The van der Waals surface area contributed by atoms with Crippen molar-refractivity contribution in [1.29, 1.82) is 0 Å². The van der Waals surface area contributed by atoms with E-state index >= 15 is 0 Å². The number of hydrazine groups is 1. The van der Waals surface area contributed by atoms with Crippen LogP contribution in [0.2, 0.25) is 0 Å². The molecule has 0 radical (unpaired) electrons. The number of fused-ring (bicyclic) bond motifs is 5. The molecule has 0 spiro atoms. The summed E-state index contributed by atoms with van der Waals surface area (Å²) >= 11 is 0. The number of carbonyl (C=O) groups is 7. The Morgan fingerprint density at radius 1 is 0.746 bits per heavy atom. The van der Waals surface area contributed by atoms with Crippen LogP contribution in [0.5, 0.6) is 5.75 Å². The number of benzene rings is 1. The standard InChI is InChI=1S/C40H57N9O10/c1-5-21(2)31-40(58)48-18-8-11-29(48)38(56)46-16-6-9-27(46)33(52)42-22(3)36-43-26(20-59-36)37(55)49(41)30(19-24-12-14-25(51)15-13-24)39(57)47-17-7-10-28(47)34(53)45-32(23(4)50)35(54)44-31/h12-15,20-23,27-32,36,43,50-51H,5-11,16-19,41H2,1-4H3,(H,42,52)(H,44,54)(H,45,53). The summed E-state index contributed by atoms with van der Waals surface area (Å²) in [5.74, 6) is 1.73. The largest absolute Gasteiger partial charge is 0.508 e. The molecule has 19 heteroatoms. The summed E-state index contributed by atoms with van der Waals surface area (Å²) in [6.45, 7) is 7.31. The molecule has 59 heavy (non-hydrogen) atoms. The Bertz CT molecular complexity index is 1820. The van der Waals surface area contributed by atoms with Gasteiger partial charge in [-0.15, -0.1) is 0 Å². The third-order valence-corrected chi connectivity index (χ3v) is 12.2. The Kier molecular flexibility index (Phi) is 13.3. The number of nitrogens with zero attached hydrogens (tertiary/aromatic N) is 4. The Morgan fingerprint density at radius 3 is 1.88 bits per heavy atom. The lowest BCUT2D eigenvalue weighted by Gasteiger charge is -2.35. The number of nitrogens with two attached hydrogens (primary N) is 1. The maximum atomic E-state index is 14.5. The number of amides is 7. The Balaban J connectivity index is 1.34. The highest BCUT2D eigenvalue weighted by Crippen LogP contribution is 2.28. The van der Waals surface area contributed by atoms with Crippen molar-refractivity contribution >= 4 is 41.4 Å². The summed E-state index contributed by atoms with van der Waals surface area (Å²) < 4.78 is 5.75. The van der Waals surface area contributed by atoms with Gasteiger partial charge in [0.2, 0.25) is 35.4 Å². The number of aliphatic hydroxyl groups excluding tert-OH is 1. The van der Waals surface area contributed by atoms with Crippen molar-refractivity contribution in [3.8, 4) is 5.75 Å². The number of phenols is 1. The molecule has 1 aromatic carbocycles. The van der Waals surface area contributed by atoms with Crippen LogP contribution in [-0.2, 0) is 44.7 Å². The number of rotatable bonds is 5. The van der Waals surface area contributed by atoms with Gasteiger partial charge in [-0.1, -0.05) is 32.4 Å². The molecule has 7 amide bonds. The van der Waals surface area contributed by atoms with E-state index in [4.69, 9.17) is 10.6 Å². The third kappa shape index (κ3) is 9.10. The fraction of sp³-hybridized carbons (Fsp3) is 0.625. The molecule has 322 valence electrons. The van der Waals surface area contributed by atoms with Crippen LogP contribution >= 0.6 is 0 Å². The normalized spacial score (nSPS) is 31.2. The molecular weight excluding hydrogens is 766 g/mol. The van der Waals surface area contributed by atoms with Gasteiger partial charge in [-0.25, -0.2) is 5.84 Å². The number of aliphatic hydroxyl groups is 1. The van der Waals surface area contributed by atoms with E-state index in [9.17, 15) is 43.8 Å². The maximum absolute atomic E-state index is 14.5. The molecule has 1 aromatic rings. The quantitative estimate of drug-likeness (QED) is 0.135. The van der Waals surface area contributed by atoms with E-state index in [1.54, 1.807) is 26.0 Å². The second-order valence-corrected chi connectivity index (χ2v) is 16.3. The van der Waals surface area contributed by atoms with Crippen LogP contribution in [0.15, 0.2) is 36.2 Å². The number of ether oxygens (including phenoxy) is 1. The fourth-order valence-corrected chi connectivity index (χ4v) is 8.59. The van der Waals surface area contributed by atoms with Crippen LogP contribution in [0.1, 0.15) is 78.2 Å². The predicted octanol–water partition coefficient (Wildman–Crippen LogP) is -1.32. The minimum atomic E-state index is -1.53. The molecule has 0 aromatic heterocycles. The van der Waals surface area contributed by atoms with Gasteiger partial charge in [0.25, 0.3) is 5.91 Å². The number of hydrogen-bond donors (Lipinski definition) is 7. The van der Waals surface area contributed by atoms with Crippen LogP contribution in [0.25, 0.3) is 0 Å². The van der Waals surface area contributed by atoms with Crippen LogP contribution < -0.4 is 27.1 Å². The number of carbonyl (C=O) groups excluding carboxylic acids is 7. The SMILES string of the molecule is CCC(C)C1NC(=O)C(C(C)O)NC(=O)C2CCCN2C(=O)C(Cc2ccc(O)cc2)N(N)C(=O)C2=COC(N2)C(C)NC(=O)C2CCCN2C(=O)C2CCCN2C1=O. The van der Waals surface area contributed by atoms with E-state index in [-0.39, 0.29) is 43.3 Å². The van der Waals surface area contributed by atoms with E-state index in [1.165, 1.54) is 33.8 Å². The maximum Gasteiger partial charge on any atom is 0.287 e. The summed E-state index contributed by atoms with van der Waals surface area (Å²) in [7, 11) is 0. The minimum absolute atomic E-state index is 0.0144. The first-order valence-corrected chi connectivity index (χ1v) is 20.6. The predicted molar refractivity (Wildman–Crippen MR) is 210 cm³/mol. The Labute approximate surface area is 343 Å². The highest BCUT2D eigenvalue weighted by molar-refractivity contribution is 5.99. The lowest BCUT2D eigenvalue weighted by atomic mass is 9.96. The van der Waals surface area contributed by atoms with Gasteiger partial charge in [-0.05, 0) is 76.0 Å². The topological polar surface area (TPSA) is 256 Å². The summed E-state index contributed by atoms with van der Waals surface area (Å²) in [6.07, 6.45) is 1.64.